The summed E-state index contributed by atoms with van der Waals surface area (Å²) in [6.07, 6.45) is 3.73. The summed E-state index contributed by atoms with van der Waals surface area (Å²) in [5.74, 6) is 0.610. The lowest BCUT2D eigenvalue weighted by molar-refractivity contribution is 0.397. The van der Waals surface area contributed by atoms with Crippen LogP contribution in [0.5, 0.6) is 0 Å². The smallest absolute Gasteiger partial charge is 0.274 e. The molecule has 7 nitrogen and oxygen atoms in total. The lowest BCUT2D eigenvalue weighted by Gasteiger charge is -2.02. The summed E-state index contributed by atoms with van der Waals surface area (Å²) in [6.45, 7) is 0.610. The summed E-state index contributed by atoms with van der Waals surface area (Å²) in [7, 11) is -3.66. The fraction of sp³-hybridized carbons (Fsp3) is 0.417. The van der Waals surface area contributed by atoms with Crippen molar-refractivity contribution in [2.45, 2.75) is 37.1 Å². The van der Waals surface area contributed by atoms with E-state index < -0.39 is 10.0 Å². The summed E-state index contributed by atoms with van der Waals surface area (Å²) in [5.41, 5.74) is 0.510. The standard InChI is InChI=1S/C12H15N3O4S/c16-20(17,14-7-10-5-6-18-15-10)12-4-3-11(19-12)8-13-9-1-2-9/h3-6,9,13-14H,1-2,7-8H2. The molecule has 2 heterocycles. The Morgan fingerprint density at radius 3 is 2.80 bits per heavy atom. The van der Waals surface area contributed by atoms with Crippen molar-refractivity contribution in [3.63, 3.8) is 0 Å². The van der Waals surface area contributed by atoms with Crippen LogP contribution in [0.25, 0.3) is 0 Å². The van der Waals surface area contributed by atoms with Crippen LogP contribution in [-0.4, -0.2) is 19.6 Å². The van der Waals surface area contributed by atoms with E-state index >= 15 is 0 Å². The number of rotatable bonds is 7. The molecule has 0 spiro atoms. The second-order valence-electron chi connectivity index (χ2n) is 4.69. The van der Waals surface area contributed by atoms with Crippen LogP contribution < -0.4 is 10.0 Å². The van der Waals surface area contributed by atoms with Crippen molar-refractivity contribution < 1.29 is 17.4 Å². The summed E-state index contributed by atoms with van der Waals surface area (Å²) >= 11 is 0. The van der Waals surface area contributed by atoms with Gasteiger partial charge in [-0.3, -0.25) is 0 Å². The molecule has 20 heavy (non-hydrogen) atoms. The highest BCUT2D eigenvalue weighted by Gasteiger charge is 2.22. The Hall–Kier alpha value is -1.64. The van der Waals surface area contributed by atoms with E-state index in [4.69, 9.17) is 4.42 Å². The minimum absolute atomic E-state index is 0.0647. The Bertz CT molecular complexity index is 659. The van der Waals surface area contributed by atoms with Gasteiger partial charge in [-0.25, -0.2) is 13.1 Å². The van der Waals surface area contributed by atoms with Crippen LogP contribution in [0.1, 0.15) is 24.3 Å². The van der Waals surface area contributed by atoms with Crippen molar-refractivity contribution >= 4 is 10.0 Å². The fourth-order valence-electron chi connectivity index (χ4n) is 1.70. The second-order valence-corrected chi connectivity index (χ2v) is 6.39. The molecule has 2 aromatic rings. The van der Waals surface area contributed by atoms with Gasteiger partial charge in [-0.05, 0) is 25.0 Å². The van der Waals surface area contributed by atoms with E-state index in [9.17, 15) is 8.42 Å². The Morgan fingerprint density at radius 2 is 2.10 bits per heavy atom. The normalized spacial score (nSPS) is 15.6. The lowest BCUT2D eigenvalue weighted by Crippen LogP contribution is -2.23. The van der Waals surface area contributed by atoms with Gasteiger partial charge in [0.05, 0.1) is 18.8 Å². The fourth-order valence-corrected chi connectivity index (χ4v) is 2.64. The molecule has 0 bridgehead atoms. The van der Waals surface area contributed by atoms with Gasteiger partial charge in [-0.1, -0.05) is 5.16 Å². The van der Waals surface area contributed by atoms with Gasteiger partial charge < -0.3 is 14.3 Å². The molecule has 2 N–H and O–H groups in total. The van der Waals surface area contributed by atoms with Crippen molar-refractivity contribution in [2.75, 3.05) is 0 Å². The highest BCUT2D eigenvalue weighted by atomic mass is 32.2. The van der Waals surface area contributed by atoms with Crippen LogP contribution in [0.3, 0.4) is 0 Å². The van der Waals surface area contributed by atoms with Crippen molar-refractivity contribution in [2.24, 2.45) is 0 Å². The first-order valence-electron chi connectivity index (χ1n) is 6.34. The third-order valence-corrected chi connectivity index (χ3v) is 4.25. The van der Waals surface area contributed by atoms with Gasteiger partial charge in [-0.2, -0.15) is 0 Å². The van der Waals surface area contributed by atoms with E-state index in [0.29, 0.717) is 24.0 Å². The van der Waals surface area contributed by atoms with Gasteiger partial charge in [0.1, 0.15) is 12.0 Å². The molecule has 108 valence electrons. The zero-order valence-electron chi connectivity index (χ0n) is 10.7. The summed E-state index contributed by atoms with van der Waals surface area (Å²) in [5, 5.41) is 6.80. The number of nitrogens with zero attached hydrogens (tertiary/aromatic N) is 1. The van der Waals surface area contributed by atoms with E-state index in [1.807, 2.05) is 0 Å². The van der Waals surface area contributed by atoms with Crippen LogP contribution in [0.4, 0.5) is 0 Å². The molecule has 8 heteroatoms. The molecular formula is C12H15N3O4S. The Labute approximate surface area is 116 Å². The molecule has 0 aliphatic heterocycles. The minimum atomic E-state index is -3.66. The summed E-state index contributed by atoms with van der Waals surface area (Å²) in [4.78, 5) is 0. The topological polar surface area (TPSA) is 97.4 Å². The van der Waals surface area contributed by atoms with E-state index in [0.717, 1.165) is 0 Å². The molecule has 1 aliphatic rings. The van der Waals surface area contributed by atoms with Gasteiger partial charge in [0.25, 0.3) is 10.0 Å². The summed E-state index contributed by atoms with van der Waals surface area (Å²) in [6, 6.07) is 5.26. The maximum Gasteiger partial charge on any atom is 0.274 e. The van der Waals surface area contributed by atoms with E-state index in [1.54, 1.807) is 12.1 Å². The molecule has 3 rings (SSSR count). The number of hydrogen-bond acceptors (Lipinski definition) is 6. The first-order valence-corrected chi connectivity index (χ1v) is 7.83. The van der Waals surface area contributed by atoms with Crippen LogP contribution >= 0.6 is 0 Å². The SMILES string of the molecule is O=S(=O)(NCc1ccon1)c1ccc(CNC2CC2)o1. The van der Waals surface area contributed by atoms with Gasteiger partial charge in [0.15, 0.2) is 0 Å². The van der Waals surface area contributed by atoms with Crippen LogP contribution in [0.2, 0.25) is 0 Å². The number of aromatic nitrogens is 1. The molecule has 1 fully saturated rings. The number of furan rings is 1. The number of nitrogens with one attached hydrogen (secondary N) is 2. The molecular weight excluding hydrogens is 282 g/mol. The van der Waals surface area contributed by atoms with Gasteiger partial charge in [0.2, 0.25) is 5.09 Å². The average Bonchev–Trinajstić information content (AvgIpc) is 2.94. The molecule has 2 aromatic heterocycles. The molecule has 0 unspecified atom stereocenters. The first-order chi connectivity index (χ1) is 9.63. The van der Waals surface area contributed by atoms with Crippen LogP contribution in [0, 0.1) is 0 Å². The average molecular weight is 297 g/mol. The highest BCUT2D eigenvalue weighted by molar-refractivity contribution is 7.89. The zero-order valence-corrected chi connectivity index (χ0v) is 11.5. The quantitative estimate of drug-likeness (QED) is 0.791. The van der Waals surface area contributed by atoms with Gasteiger partial charge >= 0.3 is 0 Å². The van der Waals surface area contributed by atoms with E-state index in [2.05, 4.69) is 19.7 Å². The predicted octanol–water partition coefficient (Wildman–Crippen LogP) is 0.998. The van der Waals surface area contributed by atoms with Crippen LogP contribution in [0.15, 0.2) is 38.5 Å². The number of hydrogen-bond donors (Lipinski definition) is 2. The van der Waals surface area contributed by atoms with Crippen molar-refractivity contribution in [1.29, 1.82) is 0 Å². The third kappa shape index (κ3) is 3.27. The maximum atomic E-state index is 12.0. The molecule has 0 radical (unpaired) electrons. The van der Waals surface area contributed by atoms with Gasteiger partial charge in [0, 0.05) is 12.1 Å². The lowest BCUT2D eigenvalue weighted by atomic mass is 10.4. The molecule has 0 saturated heterocycles. The number of sulfonamides is 1. The monoisotopic (exact) mass is 297 g/mol. The van der Waals surface area contributed by atoms with Crippen molar-refractivity contribution in [1.82, 2.24) is 15.2 Å². The maximum absolute atomic E-state index is 12.0. The van der Waals surface area contributed by atoms with Crippen molar-refractivity contribution in [3.05, 3.63) is 35.9 Å². The highest BCUT2D eigenvalue weighted by Crippen LogP contribution is 2.20. The van der Waals surface area contributed by atoms with E-state index in [-0.39, 0.29) is 11.6 Å². The largest absolute Gasteiger partial charge is 0.447 e. The van der Waals surface area contributed by atoms with Crippen molar-refractivity contribution in [3.8, 4) is 0 Å². The predicted molar refractivity (Wildman–Crippen MR) is 69.1 cm³/mol. The molecule has 0 atom stereocenters. The summed E-state index contributed by atoms with van der Waals surface area (Å²) < 4.78 is 36.4. The molecule has 1 saturated carbocycles. The zero-order chi connectivity index (χ0) is 14.0. The second kappa shape index (κ2) is 5.39. The van der Waals surface area contributed by atoms with Gasteiger partial charge in [-0.15, -0.1) is 0 Å². The Balaban J connectivity index is 1.61. The van der Waals surface area contributed by atoms with Crippen LogP contribution in [-0.2, 0) is 23.1 Å². The first kappa shape index (κ1) is 13.3. The van der Waals surface area contributed by atoms with E-state index in [1.165, 1.54) is 25.2 Å². The Kier molecular flexibility index (Phi) is 3.60. The minimum Gasteiger partial charge on any atom is -0.447 e. The molecule has 0 aromatic carbocycles. The molecule has 0 amide bonds. The Morgan fingerprint density at radius 1 is 1.25 bits per heavy atom. The molecule has 1 aliphatic carbocycles. The third-order valence-electron chi connectivity index (χ3n) is 2.98.